The number of rotatable bonds is 4. The molecule has 2 aromatic rings. The molecule has 3 nitrogen and oxygen atoms in total. The predicted molar refractivity (Wildman–Crippen MR) is 79.6 cm³/mol. The minimum Gasteiger partial charge on any atom is -0.313 e. The van der Waals surface area contributed by atoms with E-state index >= 15 is 0 Å². The summed E-state index contributed by atoms with van der Waals surface area (Å²) in [7, 11) is 3.68. The van der Waals surface area contributed by atoms with E-state index in [-0.39, 0.29) is 11.9 Å². The summed E-state index contributed by atoms with van der Waals surface area (Å²) in [5.74, 6) is -0.184. The molecule has 1 atom stereocenters. The first kappa shape index (κ1) is 15.0. The van der Waals surface area contributed by atoms with Gasteiger partial charge in [0.1, 0.15) is 11.0 Å². The SMILES string of the molecule is CNC(Cc1c(C)nn(C)c1Cl)c1ccc(C)c(F)c1. The van der Waals surface area contributed by atoms with Gasteiger partial charge < -0.3 is 5.32 Å². The maximum absolute atomic E-state index is 13.7. The molecule has 1 aromatic heterocycles. The van der Waals surface area contributed by atoms with Crippen LogP contribution in [0.1, 0.15) is 28.4 Å². The zero-order valence-corrected chi connectivity index (χ0v) is 12.9. The lowest BCUT2D eigenvalue weighted by Crippen LogP contribution is -2.19. The van der Waals surface area contributed by atoms with Crippen LogP contribution in [0.25, 0.3) is 0 Å². The van der Waals surface area contributed by atoms with Gasteiger partial charge in [0.25, 0.3) is 0 Å². The summed E-state index contributed by atoms with van der Waals surface area (Å²) in [6.07, 6.45) is 0.678. The van der Waals surface area contributed by atoms with E-state index in [0.29, 0.717) is 17.1 Å². The Morgan fingerprint density at radius 2 is 2.10 bits per heavy atom. The summed E-state index contributed by atoms with van der Waals surface area (Å²) in [6, 6.07) is 5.33. The van der Waals surface area contributed by atoms with Crippen LogP contribution in [-0.4, -0.2) is 16.8 Å². The first-order valence-corrected chi connectivity index (χ1v) is 6.93. The van der Waals surface area contributed by atoms with E-state index in [0.717, 1.165) is 16.8 Å². The molecule has 2 rings (SSSR count). The van der Waals surface area contributed by atoms with Crippen LogP contribution in [0.5, 0.6) is 0 Å². The number of aromatic nitrogens is 2. The van der Waals surface area contributed by atoms with Crippen molar-refractivity contribution in [2.24, 2.45) is 7.05 Å². The highest BCUT2D eigenvalue weighted by Crippen LogP contribution is 2.26. The summed E-state index contributed by atoms with van der Waals surface area (Å²) in [4.78, 5) is 0. The van der Waals surface area contributed by atoms with Crippen LogP contribution in [0.3, 0.4) is 0 Å². The van der Waals surface area contributed by atoms with Gasteiger partial charge >= 0.3 is 0 Å². The van der Waals surface area contributed by atoms with Crippen molar-refractivity contribution in [3.63, 3.8) is 0 Å². The van der Waals surface area contributed by atoms with Gasteiger partial charge in [0, 0.05) is 18.7 Å². The molecule has 5 heteroatoms. The minimum absolute atomic E-state index is 0.00509. The topological polar surface area (TPSA) is 29.9 Å². The molecule has 0 bridgehead atoms. The third-order valence-corrected chi connectivity index (χ3v) is 4.10. The number of benzene rings is 1. The number of nitrogens with zero attached hydrogens (tertiary/aromatic N) is 2. The average molecular weight is 296 g/mol. The van der Waals surface area contributed by atoms with Crippen molar-refractivity contribution in [2.75, 3.05) is 7.05 Å². The maximum Gasteiger partial charge on any atom is 0.130 e. The summed E-state index contributed by atoms with van der Waals surface area (Å²) in [5, 5.41) is 8.16. The van der Waals surface area contributed by atoms with Gasteiger partial charge in [-0.1, -0.05) is 23.7 Å². The van der Waals surface area contributed by atoms with Crippen LogP contribution in [0, 0.1) is 19.7 Å². The molecule has 0 saturated carbocycles. The molecule has 1 heterocycles. The van der Waals surface area contributed by atoms with E-state index < -0.39 is 0 Å². The van der Waals surface area contributed by atoms with Gasteiger partial charge in [-0.2, -0.15) is 5.10 Å². The van der Waals surface area contributed by atoms with E-state index in [1.54, 1.807) is 23.7 Å². The number of aryl methyl sites for hydroxylation is 3. The Morgan fingerprint density at radius 3 is 2.60 bits per heavy atom. The van der Waals surface area contributed by atoms with Crippen LogP contribution in [0.2, 0.25) is 5.15 Å². The van der Waals surface area contributed by atoms with E-state index in [1.165, 1.54) is 0 Å². The van der Waals surface area contributed by atoms with Crippen molar-refractivity contribution in [3.05, 3.63) is 51.6 Å². The van der Waals surface area contributed by atoms with Gasteiger partial charge in [0.15, 0.2) is 0 Å². The summed E-state index contributed by atoms with van der Waals surface area (Å²) in [5.41, 5.74) is 3.47. The van der Waals surface area contributed by atoms with Gasteiger partial charge in [-0.15, -0.1) is 0 Å². The standard InChI is InChI=1S/C15H19ClFN3/c1-9-5-6-11(7-13(9)17)14(18-3)8-12-10(2)19-20(4)15(12)16/h5-7,14,18H,8H2,1-4H3. The number of nitrogens with one attached hydrogen (secondary N) is 1. The summed E-state index contributed by atoms with van der Waals surface area (Å²) < 4.78 is 15.4. The molecule has 20 heavy (non-hydrogen) atoms. The van der Waals surface area contributed by atoms with Crippen molar-refractivity contribution in [2.45, 2.75) is 26.3 Å². The Morgan fingerprint density at radius 1 is 1.40 bits per heavy atom. The molecule has 1 N–H and O–H groups in total. The van der Waals surface area contributed by atoms with Crippen LogP contribution in [0.4, 0.5) is 4.39 Å². The van der Waals surface area contributed by atoms with Crippen LogP contribution >= 0.6 is 11.6 Å². The average Bonchev–Trinajstić information content (AvgIpc) is 2.65. The molecule has 1 aromatic carbocycles. The van der Waals surface area contributed by atoms with Crippen molar-refractivity contribution in [3.8, 4) is 0 Å². The molecule has 108 valence electrons. The fourth-order valence-electron chi connectivity index (χ4n) is 2.32. The first-order valence-electron chi connectivity index (χ1n) is 6.55. The number of hydrogen-bond donors (Lipinski definition) is 1. The molecule has 0 saturated heterocycles. The summed E-state index contributed by atoms with van der Waals surface area (Å²) >= 11 is 6.26. The molecule has 0 amide bonds. The van der Waals surface area contributed by atoms with Crippen molar-refractivity contribution in [1.82, 2.24) is 15.1 Å². The smallest absolute Gasteiger partial charge is 0.130 e. The Bertz CT molecular complexity index is 622. The van der Waals surface area contributed by atoms with Gasteiger partial charge in [0.05, 0.1) is 5.69 Å². The molecule has 0 radical (unpaired) electrons. The Balaban J connectivity index is 2.31. The molecule has 0 aliphatic heterocycles. The number of halogens is 2. The molecule has 0 aliphatic rings. The molecular weight excluding hydrogens is 277 g/mol. The van der Waals surface area contributed by atoms with Gasteiger partial charge in [0.2, 0.25) is 0 Å². The second-order valence-electron chi connectivity index (χ2n) is 5.03. The molecule has 1 unspecified atom stereocenters. The third kappa shape index (κ3) is 2.86. The van der Waals surface area contributed by atoms with Gasteiger partial charge in [-0.05, 0) is 44.5 Å². The fourth-order valence-corrected chi connectivity index (χ4v) is 2.57. The van der Waals surface area contributed by atoms with Crippen molar-refractivity contribution >= 4 is 11.6 Å². The highest BCUT2D eigenvalue weighted by atomic mass is 35.5. The lowest BCUT2D eigenvalue weighted by Gasteiger charge is -2.17. The quantitative estimate of drug-likeness (QED) is 0.937. The highest BCUT2D eigenvalue weighted by Gasteiger charge is 2.18. The van der Waals surface area contributed by atoms with E-state index in [1.807, 2.05) is 27.1 Å². The summed E-state index contributed by atoms with van der Waals surface area (Å²) in [6.45, 7) is 3.69. The van der Waals surface area contributed by atoms with E-state index in [9.17, 15) is 4.39 Å². The van der Waals surface area contributed by atoms with Gasteiger partial charge in [-0.3, -0.25) is 4.68 Å². The largest absolute Gasteiger partial charge is 0.313 e. The maximum atomic E-state index is 13.7. The lowest BCUT2D eigenvalue weighted by molar-refractivity contribution is 0.573. The van der Waals surface area contributed by atoms with Crippen LogP contribution in [0.15, 0.2) is 18.2 Å². The van der Waals surface area contributed by atoms with Crippen molar-refractivity contribution < 1.29 is 4.39 Å². The zero-order valence-electron chi connectivity index (χ0n) is 12.2. The first-order chi connectivity index (χ1) is 9.43. The number of hydrogen-bond acceptors (Lipinski definition) is 2. The van der Waals surface area contributed by atoms with Crippen LogP contribution in [-0.2, 0) is 13.5 Å². The lowest BCUT2D eigenvalue weighted by atomic mass is 9.98. The number of likely N-dealkylation sites (N-methyl/N-ethyl adjacent to an activating group) is 1. The minimum atomic E-state index is -0.184. The predicted octanol–water partition coefficient (Wildman–Crippen LogP) is 3.33. The van der Waals surface area contributed by atoms with E-state index in [4.69, 9.17) is 11.6 Å². The highest BCUT2D eigenvalue weighted by molar-refractivity contribution is 6.30. The molecular formula is C15H19ClFN3. The van der Waals surface area contributed by atoms with Crippen molar-refractivity contribution in [1.29, 1.82) is 0 Å². The van der Waals surface area contributed by atoms with E-state index in [2.05, 4.69) is 10.4 Å². The molecule has 0 fully saturated rings. The fraction of sp³-hybridized carbons (Fsp3) is 0.400. The second kappa shape index (κ2) is 5.94. The second-order valence-corrected chi connectivity index (χ2v) is 5.39. The monoisotopic (exact) mass is 295 g/mol. The Hall–Kier alpha value is -1.39. The zero-order chi connectivity index (χ0) is 14.9. The van der Waals surface area contributed by atoms with Gasteiger partial charge in [-0.25, -0.2) is 4.39 Å². The molecule has 0 aliphatic carbocycles. The Labute approximate surface area is 123 Å². The van der Waals surface area contributed by atoms with Crippen LogP contribution < -0.4 is 5.32 Å². The third-order valence-electron chi connectivity index (χ3n) is 3.62. The molecule has 0 spiro atoms. The normalized spacial score (nSPS) is 12.7. The Kier molecular flexibility index (Phi) is 4.45.